The molecule has 1 aromatic heterocycles. The van der Waals surface area contributed by atoms with Crippen LogP contribution >= 0.6 is 0 Å². The second-order valence-electron chi connectivity index (χ2n) is 6.42. The fourth-order valence-electron chi connectivity index (χ4n) is 2.48. The minimum atomic E-state index is -0.421. The zero-order valence-electron chi connectivity index (χ0n) is 11.9. The van der Waals surface area contributed by atoms with Gasteiger partial charge in [0.25, 0.3) is 0 Å². The van der Waals surface area contributed by atoms with Crippen LogP contribution in [0.15, 0.2) is 28.7 Å². The van der Waals surface area contributed by atoms with Crippen molar-refractivity contribution in [2.24, 2.45) is 5.92 Å². The van der Waals surface area contributed by atoms with Crippen molar-refractivity contribution in [1.29, 1.82) is 0 Å². The Morgan fingerprint density at radius 1 is 1.32 bits per heavy atom. The molecule has 0 aliphatic heterocycles. The standard InChI is InChI=1S/C17H22O2/c1-4-17(2,3)13-7-8-14-12(9-13)10-15(19-14)16(18)11-5-6-11/h7-11,16,18H,4-6H2,1-3H3. The van der Waals surface area contributed by atoms with Crippen molar-refractivity contribution >= 4 is 11.0 Å². The van der Waals surface area contributed by atoms with E-state index in [-0.39, 0.29) is 5.41 Å². The molecule has 0 spiro atoms. The highest BCUT2D eigenvalue weighted by Gasteiger charge is 2.33. The van der Waals surface area contributed by atoms with Crippen LogP contribution < -0.4 is 0 Å². The number of fused-ring (bicyclic) bond motifs is 1. The van der Waals surface area contributed by atoms with Crippen LogP contribution in [0.1, 0.15) is 57.5 Å². The van der Waals surface area contributed by atoms with Gasteiger partial charge in [0.05, 0.1) is 0 Å². The summed E-state index contributed by atoms with van der Waals surface area (Å²) in [7, 11) is 0. The number of hydrogen-bond acceptors (Lipinski definition) is 2. The summed E-state index contributed by atoms with van der Waals surface area (Å²) >= 11 is 0. The van der Waals surface area contributed by atoms with E-state index in [1.165, 1.54) is 5.56 Å². The van der Waals surface area contributed by atoms with Crippen LogP contribution in [0.5, 0.6) is 0 Å². The van der Waals surface area contributed by atoms with E-state index in [2.05, 4.69) is 32.9 Å². The zero-order valence-corrected chi connectivity index (χ0v) is 11.9. The number of hydrogen-bond donors (Lipinski definition) is 1. The van der Waals surface area contributed by atoms with Gasteiger partial charge >= 0.3 is 0 Å². The summed E-state index contributed by atoms with van der Waals surface area (Å²) in [5.41, 5.74) is 2.39. The molecule has 1 aliphatic rings. The van der Waals surface area contributed by atoms with Crippen molar-refractivity contribution in [3.05, 3.63) is 35.6 Å². The Balaban J connectivity index is 1.99. The lowest BCUT2D eigenvalue weighted by Crippen LogP contribution is -2.14. The van der Waals surface area contributed by atoms with Crippen LogP contribution in [0.4, 0.5) is 0 Å². The summed E-state index contributed by atoms with van der Waals surface area (Å²) in [5.74, 6) is 1.14. The molecular formula is C17H22O2. The van der Waals surface area contributed by atoms with Crippen molar-refractivity contribution in [2.75, 3.05) is 0 Å². The van der Waals surface area contributed by atoms with Gasteiger partial charge in [-0.25, -0.2) is 0 Å². The van der Waals surface area contributed by atoms with E-state index in [9.17, 15) is 5.11 Å². The number of furan rings is 1. The van der Waals surface area contributed by atoms with E-state index in [0.29, 0.717) is 5.92 Å². The lowest BCUT2D eigenvalue weighted by Gasteiger charge is -2.23. The first kappa shape index (κ1) is 12.7. The molecule has 2 aromatic rings. The van der Waals surface area contributed by atoms with Gasteiger partial charge < -0.3 is 9.52 Å². The second-order valence-corrected chi connectivity index (χ2v) is 6.42. The third kappa shape index (κ3) is 2.30. The quantitative estimate of drug-likeness (QED) is 0.871. The second kappa shape index (κ2) is 4.38. The molecule has 1 heterocycles. The number of rotatable bonds is 4. The highest BCUT2D eigenvalue weighted by Crippen LogP contribution is 2.42. The molecule has 19 heavy (non-hydrogen) atoms. The molecule has 3 rings (SSSR count). The zero-order chi connectivity index (χ0) is 13.6. The minimum Gasteiger partial charge on any atom is -0.458 e. The van der Waals surface area contributed by atoms with Crippen molar-refractivity contribution in [3.63, 3.8) is 0 Å². The first-order chi connectivity index (χ1) is 9.01. The molecule has 1 aromatic carbocycles. The van der Waals surface area contributed by atoms with Crippen molar-refractivity contribution in [3.8, 4) is 0 Å². The van der Waals surface area contributed by atoms with Gasteiger partial charge in [-0.05, 0) is 54.4 Å². The van der Waals surface area contributed by atoms with Crippen molar-refractivity contribution < 1.29 is 9.52 Å². The normalized spacial score (nSPS) is 17.9. The topological polar surface area (TPSA) is 33.4 Å². The van der Waals surface area contributed by atoms with E-state index in [1.54, 1.807) is 0 Å². The van der Waals surface area contributed by atoms with Crippen LogP contribution in [-0.4, -0.2) is 5.11 Å². The van der Waals surface area contributed by atoms with Gasteiger partial charge in [-0.1, -0.05) is 26.8 Å². The molecule has 2 nitrogen and oxygen atoms in total. The molecule has 1 N–H and O–H groups in total. The van der Waals surface area contributed by atoms with Crippen LogP contribution in [0.25, 0.3) is 11.0 Å². The van der Waals surface area contributed by atoms with Gasteiger partial charge in [-0.3, -0.25) is 0 Å². The SMILES string of the molecule is CCC(C)(C)c1ccc2oc(C(O)C3CC3)cc2c1. The Hall–Kier alpha value is -1.28. The van der Waals surface area contributed by atoms with E-state index in [4.69, 9.17) is 4.42 Å². The predicted molar refractivity (Wildman–Crippen MR) is 77.2 cm³/mol. The molecular weight excluding hydrogens is 236 g/mol. The molecule has 102 valence electrons. The van der Waals surface area contributed by atoms with Gasteiger partial charge in [0.15, 0.2) is 0 Å². The molecule has 1 fully saturated rings. The molecule has 1 atom stereocenters. The first-order valence-electron chi connectivity index (χ1n) is 7.23. The summed E-state index contributed by atoms with van der Waals surface area (Å²) in [4.78, 5) is 0. The molecule has 2 heteroatoms. The molecule has 0 amide bonds. The summed E-state index contributed by atoms with van der Waals surface area (Å²) in [6.07, 6.45) is 2.92. The highest BCUT2D eigenvalue weighted by atomic mass is 16.4. The summed E-state index contributed by atoms with van der Waals surface area (Å²) in [5, 5.41) is 11.2. The van der Waals surface area contributed by atoms with Gasteiger partial charge in [-0.2, -0.15) is 0 Å². The Labute approximate surface area is 114 Å². The van der Waals surface area contributed by atoms with Gasteiger partial charge in [0, 0.05) is 5.39 Å². The van der Waals surface area contributed by atoms with Crippen LogP contribution in [0, 0.1) is 5.92 Å². The third-order valence-electron chi connectivity index (χ3n) is 4.56. The van der Waals surface area contributed by atoms with Gasteiger partial charge in [-0.15, -0.1) is 0 Å². The molecule has 1 unspecified atom stereocenters. The Kier molecular flexibility index (Phi) is 2.94. The average Bonchev–Trinajstić information content (AvgIpc) is 3.16. The van der Waals surface area contributed by atoms with Crippen LogP contribution in [-0.2, 0) is 5.41 Å². The van der Waals surface area contributed by atoms with E-state index < -0.39 is 6.10 Å². The fourth-order valence-corrected chi connectivity index (χ4v) is 2.48. The number of aliphatic hydroxyl groups excluding tert-OH is 1. The Morgan fingerprint density at radius 3 is 2.68 bits per heavy atom. The number of aliphatic hydroxyl groups is 1. The summed E-state index contributed by atoms with van der Waals surface area (Å²) in [6.45, 7) is 6.73. The molecule has 1 saturated carbocycles. The third-order valence-corrected chi connectivity index (χ3v) is 4.56. The van der Waals surface area contributed by atoms with Gasteiger partial charge in [0.2, 0.25) is 0 Å². The maximum absolute atomic E-state index is 10.1. The molecule has 0 bridgehead atoms. The average molecular weight is 258 g/mol. The van der Waals surface area contributed by atoms with E-state index in [1.807, 2.05) is 12.1 Å². The van der Waals surface area contributed by atoms with Crippen LogP contribution in [0.3, 0.4) is 0 Å². The Bertz CT molecular complexity index is 590. The molecule has 0 saturated heterocycles. The number of benzene rings is 1. The minimum absolute atomic E-state index is 0.181. The molecule has 1 aliphatic carbocycles. The van der Waals surface area contributed by atoms with Crippen molar-refractivity contribution in [1.82, 2.24) is 0 Å². The fraction of sp³-hybridized carbons (Fsp3) is 0.529. The van der Waals surface area contributed by atoms with E-state index in [0.717, 1.165) is 36.0 Å². The lowest BCUT2D eigenvalue weighted by molar-refractivity contribution is 0.129. The first-order valence-corrected chi connectivity index (χ1v) is 7.23. The largest absolute Gasteiger partial charge is 0.458 e. The van der Waals surface area contributed by atoms with Crippen molar-refractivity contribution in [2.45, 2.75) is 51.6 Å². The summed E-state index contributed by atoms with van der Waals surface area (Å²) < 4.78 is 5.78. The predicted octanol–water partition coefficient (Wildman–Crippen LogP) is 4.56. The maximum Gasteiger partial charge on any atom is 0.134 e. The van der Waals surface area contributed by atoms with E-state index >= 15 is 0 Å². The van der Waals surface area contributed by atoms with Crippen LogP contribution in [0.2, 0.25) is 0 Å². The lowest BCUT2D eigenvalue weighted by atomic mass is 9.82. The maximum atomic E-state index is 10.1. The highest BCUT2D eigenvalue weighted by molar-refractivity contribution is 5.79. The van der Waals surface area contributed by atoms with Gasteiger partial charge in [0.1, 0.15) is 17.4 Å². The Morgan fingerprint density at radius 2 is 2.05 bits per heavy atom. The molecule has 0 radical (unpaired) electrons. The smallest absolute Gasteiger partial charge is 0.134 e. The monoisotopic (exact) mass is 258 g/mol. The summed E-state index contributed by atoms with van der Waals surface area (Å²) in [6, 6.07) is 8.38.